The third-order valence-corrected chi connectivity index (χ3v) is 4.15. The van der Waals surface area contributed by atoms with Gasteiger partial charge >= 0.3 is 0 Å². The molecule has 1 aliphatic rings. The van der Waals surface area contributed by atoms with Crippen molar-refractivity contribution in [3.63, 3.8) is 0 Å². The molecule has 0 aliphatic carbocycles. The second-order valence-corrected chi connectivity index (χ2v) is 5.51. The fourth-order valence-corrected chi connectivity index (χ4v) is 2.75. The topological polar surface area (TPSA) is 64.8 Å². The number of nitrogens with zero attached hydrogens (tertiary/aromatic N) is 1. The maximum absolute atomic E-state index is 12.7. The Morgan fingerprint density at radius 2 is 1.95 bits per heavy atom. The van der Waals surface area contributed by atoms with Gasteiger partial charge in [-0.3, -0.25) is 4.79 Å². The van der Waals surface area contributed by atoms with Crippen molar-refractivity contribution in [2.24, 2.45) is 11.7 Å². The van der Waals surface area contributed by atoms with E-state index in [4.69, 9.17) is 27.4 Å². The third-order valence-electron chi connectivity index (χ3n) is 3.82. The maximum atomic E-state index is 12.7. The van der Waals surface area contributed by atoms with Gasteiger partial charge in [0, 0.05) is 19.0 Å². The van der Waals surface area contributed by atoms with Gasteiger partial charge in [0.05, 0.1) is 24.8 Å². The lowest BCUT2D eigenvalue weighted by atomic mass is 9.96. The number of nitrogens with two attached hydrogens (primary N) is 1. The van der Waals surface area contributed by atoms with Crippen LogP contribution in [0.15, 0.2) is 18.2 Å². The molecular formula is C15H20N2O3S. The highest BCUT2D eigenvalue weighted by Gasteiger charge is 2.26. The lowest BCUT2D eigenvalue weighted by Gasteiger charge is -2.31. The second-order valence-electron chi connectivity index (χ2n) is 5.04. The molecule has 2 N–H and O–H groups in total. The molecule has 21 heavy (non-hydrogen) atoms. The van der Waals surface area contributed by atoms with Crippen LogP contribution in [-0.2, 0) is 0 Å². The molecule has 1 aromatic carbocycles. The van der Waals surface area contributed by atoms with E-state index in [0.717, 1.165) is 12.8 Å². The van der Waals surface area contributed by atoms with Crippen LogP contribution < -0.4 is 15.2 Å². The van der Waals surface area contributed by atoms with E-state index in [-0.39, 0.29) is 11.8 Å². The van der Waals surface area contributed by atoms with Gasteiger partial charge in [-0.05, 0) is 31.0 Å². The van der Waals surface area contributed by atoms with E-state index in [2.05, 4.69) is 0 Å². The number of thiocarbonyl (C=S) groups is 1. The van der Waals surface area contributed by atoms with Crippen molar-refractivity contribution in [1.29, 1.82) is 0 Å². The Bertz CT molecular complexity index is 540. The zero-order valence-electron chi connectivity index (χ0n) is 12.3. The Morgan fingerprint density at radius 1 is 1.29 bits per heavy atom. The van der Waals surface area contributed by atoms with E-state index < -0.39 is 0 Å². The minimum Gasteiger partial charge on any atom is -0.497 e. The predicted molar refractivity (Wildman–Crippen MR) is 85.0 cm³/mol. The molecule has 0 bridgehead atoms. The molecule has 0 radical (unpaired) electrons. The van der Waals surface area contributed by atoms with Crippen molar-refractivity contribution < 1.29 is 14.3 Å². The Hall–Kier alpha value is -1.82. The molecule has 114 valence electrons. The summed E-state index contributed by atoms with van der Waals surface area (Å²) in [5.41, 5.74) is 6.19. The average Bonchev–Trinajstić information content (AvgIpc) is 2.53. The maximum Gasteiger partial charge on any atom is 0.257 e. The number of ether oxygens (including phenoxy) is 2. The Kier molecular flexibility index (Phi) is 5.01. The summed E-state index contributed by atoms with van der Waals surface area (Å²) in [6.45, 7) is 1.31. The van der Waals surface area contributed by atoms with E-state index in [0.29, 0.717) is 35.1 Å². The zero-order chi connectivity index (χ0) is 15.4. The number of rotatable bonds is 4. The van der Waals surface area contributed by atoms with Crippen LogP contribution in [0.25, 0.3) is 0 Å². The lowest BCUT2D eigenvalue weighted by Crippen LogP contribution is -2.41. The van der Waals surface area contributed by atoms with E-state index in [1.165, 1.54) is 0 Å². The smallest absolute Gasteiger partial charge is 0.257 e. The third kappa shape index (κ3) is 3.44. The predicted octanol–water partition coefficient (Wildman–Crippen LogP) is 1.84. The Balaban J connectivity index is 2.15. The van der Waals surface area contributed by atoms with E-state index >= 15 is 0 Å². The first-order chi connectivity index (χ1) is 10.1. The zero-order valence-corrected chi connectivity index (χ0v) is 13.1. The van der Waals surface area contributed by atoms with Gasteiger partial charge in [0.2, 0.25) is 0 Å². The van der Waals surface area contributed by atoms with Gasteiger partial charge in [-0.2, -0.15) is 0 Å². The number of amides is 1. The molecule has 6 heteroatoms. The molecule has 0 atom stereocenters. The number of benzene rings is 1. The molecule has 1 amide bonds. The molecule has 1 fully saturated rings. The van der Waals surface area contributed by atoms with E-state index in [1.54, 1.807) is 32.4 Å². The summed E-state index contributed by atoms with van der Waals surface area (Å²) in [5, 5.41) is 0. The second kappa shape index (κ2) is 6.76. The first-order valence-corrected chi connectivity index (χ1v) is 7.28. The summed E-state index contributed by atoms with van der Waals surface area (Å²) < 4.78 is 10.5. The summed E-state index contributed by atoms with van der Waals surface area (Å²) in [7, 11) is 3.13. The summed E-state index contributed by atoms with van der Waals surface area (Å²) in [5.74, 6) is 1.37. The van der Waals surface area contributed by atoms with Crippen LogP contribution in [0.5, 0.6) is 11.5 Å². The molecule has 0 unspecified atom stereocenters. The van der Waals surface area contributed by atoms with Crippen molar-refractivity contribution in [3.05, 3.63) is 23.8 Å². The summed E-state index contributed by atoms with van der Waals surface area (Å²) in [4.78, 5) is 15.0. The van der Waals surface area contributed by atoms with Gasteiger partial charge in [-0.1, -0.05) is 12.2 Å². The van der Waals surface area contributed by atoms with E-state index in [9.17, 15) is 4.79 Å². The number of carbonyl (C=O) groups is 1. The quantitative estimate of drug-likeness (QED) is 0.860. The normalized spacial score (nSPS) is 15.6. The van der Waals surface area contributed by atoms with Crippen LogP contribution >= 0.6 is 12.2 Å². The Morgan fingerprint density at radius 3 is 2.48 bits per heavy atom. The van der Waals surface area contributed by atoms with Gasteiger partial charge in [0.25, 0.3) is 5.91 Å². The molecular weight excluding hydrogens is 288 g/mol. The first-order valence-electron chi connectivity index (χ1n) is 6.87. The standard InChI is InChI=1S/C15H20N2O3S/c1-19-11-3-4-13(20-2)12(9-11)15(18)17-7-5-10(6-8-17)14(16)21/h3-4,9-10H,5-8H2,1-2H3,(H2,16,21). The van der Waals surface area contributed by atoms with Crippen molar-refractivity contribution in [2.75, 3.05) is 27.3 Å². The number of carbonyl (C=O) groups excluding carboxylic acids is 1. The van der Waals surface area contributed by atoms with Gasteiger partial charge in [0.15, 0.2) is 0 Å². The van der Waals surface area contributed by atoms with Gasteiger partial charge in [-0.15, -0.1) is 0 Å². The fourth-order valence-electron chi connectivity index (χ4n) is 2.52. The summed E-state index contributed by atoms with van der Waals surface area (Å²) in [6, 6.07) is 5.23. The molecule has 0 spiro atoms. The van der Waals surface area contributed by atoms with Crippen molar-refractivity contribution >= 4 is 23.1 Å². The molecule has 1 saturated heterocycles. The Labute approximate surface area is 130 Å². The number of likely N-dealkylation sites (tertiary alicyclic amines) is 1. The number of piperidine rings is 1. The van der Waals surface area contributed by atoms with Crippen molar-refractivity contribution in [1.82, 2.24) is 4.90 Å². The average molecular weight is 308 g/mol. The first kappa shape index (κ1) is 15.6. The molecule has 0 aromatic heterocycles. The highest BCUT2D eigenvalue weighted by molar-refractivity contribution is 7.80. The van der Waals surface area contributed by atoms with Crippen molar-refractivity contribution in [2.45, 2.75) is 12.8 Å². The molecule has 1 aromatic rings. The SMILES string of the molecule is COc1ccc(OC)c(C(=O)N2CCC(C(N)=S)CC2)c1. The number of hydrogen-bond acceptors (Lipinski definition) is 4. The summed E-state index contributed by atoms with van der Waals surface area (Å²) >= 11 is 5.02. The molecule has 5 nitrogen and oxygen atoms in total. The van der Waals surface area contributed by atoms with Crippen LogP contribution in [0, 0.1) is 5.92 Å². The van der Waals surface area contributed by atoms with Crippen LogP contribution in [0.1, 0.15) is 23.2 Å². The van der Waals surface area contributed by atoms with Gasteiger partial charge in [-0.25, -0.2) is 0 Å². The highest BCUT2D eigenvalue weighted by atomic mass is 32.1. The molecule has 2 rings (SSSR count). The molecule has 0 saturated carbocycles. The fraction of sp³-hybridized carbons (Fsp3) is 0.467. The van der Waals surface area contributed by atoms with Crippen LogP contribution in [0.2, 0.25) is 0 Å². The molecule has 1 aliphatic heterocycles. The van der Waals surface area contributed by atoms with E-state index in [1.807, 2.05) is 4.90 Å². The summed E-state index contributed by atoms with van der Waals surface area (Å²) in [6.07, 6.45) is 1.63. The monoisotopic (exact) mass is 308 g/mol. The molecule has 1 heterocycles. The number of hydrogen-bond donors (Lipinski definition) is 1. The number of methoxy groups -OCH3 is 2. The largest absolute Gasteiger partial charge is 0.497 e. The van der Waals surface area contributed by atoms with Crippen molar-refractivity contribution in [3.8, 4) is 11.5 Å². The minimum absolute atomic E-state index is 0.0489. The van der Waals surface area contributed by atoms with Gasteiger partial charge in [0.1, 0.15) is 11.5 Å². The minimum atomic E-state index is -0.0489. The van der Waals surface area contributed by atoms with Crippen LogP contribution in [0.3, 0.4) is 0 Å². The van der Waals surface area contributed by atoms with Crippen LogP contribution in [0.4, 0.5) is 0 Å². The highest BCUT2D eigenvalue weighted by Crippen LogP contribution is 2.27. The van der Waals surface area contributed by atoms with Gasteiger partial charge < -0.3 is 20.1 Å². The van der Waals surface area contributed by atoms with Crippen LogP contribution in [-0.4, -0.2) is 43.1 Å². The lowest BCUT2D eigenvalue weighted by molar-refractivity contribution is 0.0706.